The molecule has 0 spiro atoms. The second-order valence-electron chi connectivity index (χ2n) is 6.70. The predicted octanol–water partition coefficient (Wildman–Crippen LogP) is 5.45. The molecule has 0 aliphatic rings. The second-order valence-corrected chi connectivity index (χ2v) is 7.62. The molecule has 4 aromatic rings. The van der Waals surface area contributed by atoms with Crippen molar-refractivity contribution >= 4 is 27.9 Å². The van der Waals surface area contributed by atoms with Crippen LogP contribution < -0.4 is 0 Å². The summed E-state index contributed by atoms with van der Waals surface area (Å²) in [7, 11) is 1.31. The van der Waals surface area contributed by atoms with E-state index in [0.29, 0.717) is 22.5 Å². The number of methoxy groups -OCH3 is 1. The molecule has 0 saturated carbocycles. The van der Waals surface area contributed by atoms with Crippen LogP contribution in [0.1, 0.15) is 20.7 Å². The highest BCUT2D eigenvalue weighted by Gasteiger charge is 2.26. The minimum Gasteiger partial charge on any atom is -0.478 e. The Balaban J connectivity index is 1.97. The Morgan fingerprint density at radius 3 is 2.13 bits per heavy atom. The van der Waals surface area contributed by atoms with Gasteiger partial charge in [0.05, 0.1) is 24.1 Å². The first-order valence-electron chi connectivity index (χ1n) is 9.36. The maximum Gasteiger partial charge on any atom is 0.340 e. The Kier molecular flexibility index (Phi) is 5.68. The second kappa shape index (κ2) is 8.57. The molecule has 0 amide bonds. The molecular formula is C24H17BrN2O4. The fourth-order valence-corrected chi connectivity index (χ4v) is 3.60. The first kappa shape index (κ1) is 20.6. The zero-order valence-electron chi connectivity index (χ0n) is 16.4. The SMILES string of the molecule is COC(=O)c1ccc(-c2nn(-c3ccc(Br)cc3)c(-c3ccccc3)c2C(=O)O)cc1. The molecule has 4 rings (SSSR count). The van der Waals surface area contributed by atoms with Gasteiger partial charge in [-0.25, -0.2) is 14.3 Å². The largest absolute Gasteiger partial charge is 0.478 e. The van der Waals surface area contributed by atoms with Crippen molar-refractivity contribution in [2.75, 3.05) is 7.11 Å². The van der Waals surface area contributed by atoms with Gasteiger partial charge in [-0.15, -0.1) is 0 Å². The van der Waals surface area contributed by atoms with E-state index in [9.17, 15) is 14.7 Å². The third-order valence-electron chi connectivity index (χ3n) is 4.80. The molecule has 0 unspecified atom stereocenters. The zero-order chi connectivity index (χ0) is 22.0. The van der Waals surface area contributed by atoms with Crippen molar-refractivity contribution in [1.82, 2.24) is 9.78 Å². The number of halogens is 1. The number of benzene rings is 3. The van der Waals surface area contributed by atoms with Gasteiger partial charge in [0.15, 0.2) is 0 Å². The molecule has 6 nitrogen and oxygen atoms in total. The molecule has 154 valence electrons. The summed E-state index contributed by atoms with van der Waals surface area (Å²) >= 11 is 3.42. The van der Waals surface area contributed by atoms with Crippen molar-refractivity contribution in [3.05, 3.63) is 94.5 Å². The van der Waals surface area contributed by atoms with E-state index in [4.69, 9.17) is 4.74 Å². The van der Waals surface area contributed by atoms with Crippen LogP contribution in [0.2, 0.25) is 0 Å². The summed E-state index contributed by atoms with van der Waals surface area (Å²) in [5.74, 6) is -1.55. The van der Waals surface area contributed by atoms with Crippen molar-refractivity contribution in [3.8, 4) is 28.2 Å². The standard InChI is InChI=1S/C24H17BrN2O4/c1-31-24(30)17-9-7-15(8-10-17)21-20(23(28)29)22(16-5-3-2-4-6-16)27(26-21)19-13-11-18(25)12-14-19/h2-14H,1H3,(H,28,29). The minimum absolute atomic E-state index is 0.0833. The number of carbonyl (C=O) groups is 2. The molecular weight excluding hydrogens is 460 g/mol. The molecule has 1 aromatic heterocycles. The number of aromatic nitrogens is 2. The quantitative estimate of drug-likeness (QED) is 0.387. The van der Waals surface area contributed by atoms with Crippen molar-refractivity contribution < 1.29 is 19.4 Å². The van der Waals surface area contributed by atoms with Crippen LogP contribution in [0, 0.1) is 0 Å². The van der Waals surface area contributed by atoms with Crippen LogP contribution in [0.4, 0.5) is 0 Å². The van der Waals surface area contributed by atoms with Gasteiger partial charge in [-0.1, -0.05) is 58.4 Å². The summed E-state index contributed by atoms with van der Waals surface area (Å²) in [6, 6.07) is 23.3. The lowest BCUT2D eigenvalue weighted by molar-refractivity contribution is 0.0599. The van der Waals surface area contributed by atoms with E-state index >= 15 is 0 Å². The average molecular weight is 477 g/mol. The van der Waals surface area contributed by atoms with Crippen LogP contribution >= 0.6 is 15.9 Å². The van der Waals surface area contributed by atoms with E-state index < -0.39 is 11.9 Å². The number of esters is 1. The molecule has 0 saturated heterocycles. The first-order valence-corrected chi connectivity index (χ1v) is 10.2. The number of carboxylic acid groups (broad SMARTS) is 1. The summed E-state index contributed by atoms with van der Waals surface area (Å²) in [6.07, 6.45) is 0. The fourth-order valence-electron chi connectivity index (χ4n) is 3.34. The lowest BCUT2D eigenvalue weighted by Gasteiger charge is -2.09. The molecule has 0 bridgehead atoms. The van der Waals surface area contributed by atoms with Gasteiger partial charge in [0.2, 0.25) is 0 Å². The van der Waals surface area contributed by atoms with E-state index in [1.54, 1.807) is 28.9 Å². The maximum absolute atomic E-state index is 12.4. The van der Waals surface area contributed by atoms with Gasteiger partial charge < -0.3 is 9.84 Å². The third kappa shape index (κ3) is 4.00. The normalized spacial score (nSPS) is 10.6. The molecule has 0 fully saturated rings. The number of carbonyl (C=O) groups excluding carboxylic acids is 1. The van der Waals surface area contributed by atoms with Gasteiger partial charge in [-0.05, 0) is 36.4 Å². The van der Waals surface area contributed by atoms with Gasteiger partial charge >= 0.3 is 11.9 Å². The summed E-state index contributed by atoms with van der Waals surface area (Å²) in [5, 5.41) is 14.8. The Morgan fingerprint density at radius 1 is 0.903 bits per heavy atom. The molecule has 1 N–H and O–H groups in total. The molecule has 0 radical (unpaired) electrons. The number of nitrogens with zero attached hydrogens (tertiary/aromatic N) is 2. The lowest BCUT2D eigenvalue weighted by Crippen LogP contribution is -2.03. The number of carboxylic acids is 1. The van der Waals surface area contributed by atoms with Crippen molar-refractivity contribution in [2.24, 2.45) is 0 Å². The van der Waals surface area contributed by atoms with E-state index in [0.717, 1.165) is 15.7 Å². The third-order valence-corrected chi connectivity index (χ3v) is 5.33. The molecule has 1 heterocycles. The first-order chi connectivity index (χ1) is 15.0. The van der Waals surface area contributed by atoms with Gasteiger partial charge in [0.1, 0.15) is 11.3 Å². The molecule has 0 atom stereocenters. The van der Waals surface area contributed by atoms with Crippen LogP contribution in [0.25, 0.3) is 28.2 Å². The van der Waals surface area contributed by atoms with E-state index in [2.05, 4.69) is 21.0 Å². The molecule has 0 aliphatic carbocycles. The van der Waals surface area contributed by atoms with Crippen molar-refractivity contribution in [1.29, 1.82) is 0 Å². The Labute approximate surface area is 186 Å². The highest BCUT2D eigenvalue weighted by molar-refractivity contribution is 9.10. The Morgan fingerprint density at radius 2 is 1.55 bits per heavy atom. The van der Waals surface area contributed by atoms with Gasteiger partial charge in [-0.2, -0.15) is 5.10 Å². The highest BCUT2D eigenvalue weighted by Crippen LogP contribution is 2.34. The molecule has 3 aromatic carbocycles. The van der Waals surface area contributed by atoms with Crippen molar-refractivity contribution in [2.45, 2.75) is 0 Å². The van der Waals surface area contributed by atoms with Crippen LogP contribution in [-0.4, -0.2) is 33.9 Å². The van der Waals surface area contributed by atoms with Crippen LogP contribution in [0.5, 0.6) is 0 Å². The zero-order valence-corrected chi connectivity index (χ0v) is 18.0. The topological polar surface area (TPSA) is 81.4 Å². The van der Waals surface area contributed by atoms with E-state index in [1.807, 2.05) is 54.6 Å². The Bertz CT molecular complexity index is 1250. The predicted molar refractivity (Wildman–Crippen MR) is 120 cm³/mol. The smallest absolute Gasteiger partial charge is 0.340 e. The maximum atomic E-state index is 12.4. The van der Waals surface area contributed by atoms with E-state index in [1.165, 1.54) is 7.11 Å². The summed E-state index contributed by atoms with van der Waals surface area (Å²) < 4.78 is 7.27. The summed E-state index contributed by atoms with van der Waals surface area (Å²) in [4.78, 5) is 24.1. The molecule has 31 heavy (non-hydrogen) atoms. The van der Waals surface area contributed by atoms with Crippen LogP contribution in [0.15, 0.2) is 83.3 Å². The summed E-state index contributed by atoms with van der Waals surface area (Å²) in [6.45, 7) is 0. The number of ether oxygens (including phenoxy) is 1. The number of hydrogen-bond acceptors (Lipinski definition) is 4. The van der Waals surface area contributed by atoms with Crippen LogP contribution in [0.3, 0.4) is 0 Å². The fraction of sp³-hybridized carbons (Fsp3) is 0.0417. The van der Waals surface area contributed by atoms with Gasteiger partial charge in [0.25, 0.3) is 0 Å². The average Bonchev–Trinajstić information content (AvgIpc) is 3.21. The highest BCUT2D eigenvalue weighted by atomic mass is 79.9. The minimum atomic E-state index is -1.09. The number of rotatable bonds is 5. The Hall–Kier alpha value is -3.71. The lowest BCUT2D eigenvalue weighted by atomic mass is 10.0. The summed E-state index contributed by atoms with van der Waals surface area (Å²) in [5.41, 5.74) is 3.28. The number of aromatic carboxylic acids is 1. The van der Waals surface area contributed by atoms with Crippen LogP contribution in [-0.2, 0) is 4.74 Å². The van der Waals surface area contributed by atoms with Crippen molar-refractivity contribution in [3.63, 3.8) is 0 Å². The monoisotopic (exact) mass is 476 g/mol. The molecule has 0 aliphatic heterocycles. The number of hydrogen-bond donors (Lipinski definition) is 1. The molecule has 7 heteroatoms. The van der Waals surface area contributed by atoms with Gasteiger partial charge in [-0.3, -0.25) is 0 Å². The van der Waals surface area contributed by atoms with Gasteiger partial charge in [0, 0.05) is 15.6 Å². The van der Waals surface area contributed by atoms with E-state index in [-0.39, 0.29) is 5.56 Å².